The maximum absolute atomic E-state index is 12.9. The fourth-order valence-corrected chi connectivity index (χ4v) is 2.75. The molecule has 25 heavy (non-hydrogen) atoms. The number of alkyl halides is 3. The van der Waals surface area contributed by atoms with E-state index in [4.69, 9.17) is 4.42 Å². The summed E-state index contributed by atoms with van der Waals surface area (Å²) < 4.78 is 43.8. The smallest absolute Gasteiger partial charge is 0.406 e. The minimum absolute atomic E-state index is 0.125. The SMILES string of the molecule is Cc1ccc2[nH]c(C(=O)N(Cc3ccco3)CC(F)(F)F)cc2c1C. The number of carbonyl (C=O) groups is 1. The van der Waals surface area contributed by atoms with Crippen LogP contribution in [0.25, 0.3) is 10.9 Å². The number of H-pyrrole nitrogens is 1. The Labute approximate surface area is 142 Å². The van der Waals surface area contributed by atoms with Crippen LogP contribution in [0.3, 0.4) is 0 Å². The number of aryl methyl sites for hydroxylation is 2. The van der Waals surface area contributed by atoms with Gasteiger partial charge in [-0.1, -0.05) is 6.07 Å². The summed E-state index contributed by atoms with van der Waals surface area (Å²) in [7, 11) is 0. The number of amides is 1. The summed E-state index contributed by atoms with van der Waals surface area (Å²) >= 11 is 0. The number of fused-ring (bicyclic) bond motifs is 1. The second-order valence-corrected chi connectivity index (χ2v) is 6.01. The van der Waals surface area contributed by atoms with Gasteiger partial charge >= 0.3 is 6.18 Å². The molecule has 0 fully saturated rings. The van der Waals surface area contributed by atoms with Crippen LogP contribution in [-0.2, 0) is 6.54 Å². The van der Waals surface area contributed by atoms with E-state index in [9.17, 15) is 18.0 Å². The van der Waals surface area contributed by atoms with Crippen LogP contribution in [0.2, 0.25) is 0 Å². The molecule has 0 atom stereocenters. The predicted octanol–water partition coefficient (Wildman–Crippen LogP) is 4.58. The van der Waals surface area contributed by atoms with Gasteiger partial charge in [-0.3, -0.25) is 4.79 Å². The Balaban J connectivity index is 1.95. The average molecular weight is 350 g/mol. The molecule has 1 aromatic carbocycles. The van der Waals surface area contributed by atoms with Crippen molar-refractivity contribution in [1.82, 2.24) is 9.88 Å². The van der Waals surface area contributed by atoms with Crippen molar-refractivity contribution in [3.8, 4) is 0 Å². The van der Waals surface area contributed by atoms with E-state index >= 15 is 0 Å². The molecule has 0 spiro atoms. The Kier molecular flexibility index (Phi) is 4.32. The first-order chi connectivity index (χ1) is 11.7. The Hall–Kier alpha value is -2.70. The number of aromatic amines is 1. The molecule has 0 aliphatic carbocycles. The third kappa shape index (κ3) is 3.70. The molecular weight excluding hydrogens is 333 g/mol. The van der Waals surface area contributed by atoms with E-state index in [0.717, 1.165) is 26.9 Å². The zero-order valence-electron chi connectivity index (χ0n) is 13.8. The fraction of sp³-hybridized carbons (Fsp3) is 0.278. The summed E-state index contributed by atoms with van der Waals surface area (Å²) in [6.07, 6.45) is -3.14. The minimum atomic E-state index is -4.50. The third-order valence-corrected chi connectivity index (χ3v) is 4.16. The van der Waals surface area contributed by atoms with Gasteiger partial charge in [-0.15, -0.1) is 0 Å². The molecule has 2 aromatic heterocycles. The second kappa shape index (κ2) is 6.31. The van der Waals surface area contributed by atoms with Gasteiger partial charge in [-0.2, -0.15) is 13.2 Å². The van der Waals surface area contributed by atoms with E-state index in [2.05, 4.69) is 4.98 Å². The Morgan fingerprint density at radius 2 is 2.00 bits per heavy atom. The second-order valence-electron chi connectivity index (χ2n) is 6.01. The highest BCUT2D eigenvalue weighted by molar-refractivity contribution is 5.99. The van der Waals surface area contributed by atoms with Crippen LogP contribution in [0.4, 0.5) is 13.2 Å². The number of benzene rings is 1. The van der Waals surface area contributed by atoms with Gasteiger partial charge in [0.1, 0.15) is 18.0 Å². The van der Waals surface area contributed by atoms with Crippen molar-refractivity contribution in [2.24, 2.45) is 0 Å². The number of nitrogens with one attached hydrogen (secondary N) is 1. The monoisotopic (exact) mass is 350 g/mol. The van der Waals surface area contributed by atoms with E-state index in [1.807, 2.05) is 26.0 Å². The third-order valence-electron chi connectivity index (χ3n) is 4.16. The van der Waals surface area contributed by atoms with Gasteiger partial charge in [0.2, 0.25) is 0 Å². The van der Waals surface area contributed by atoms with Crippen LogP contribution in [-0.4, -0.2) is 28.5 Å². The normalized spacial score (nSPS) is 11.9. The molecular formula is C18H17F3N2O2. The highest BCUT2D eigenvalue weighted by atomic mass is 19.4. The first kappa shape index (κ1) is 17.1. The number of hydrogen-bond acceptors (Lipinski definition) is 2. The number of aromatic nitrogens is 1. The van der Waals surface area contributed by atoms with Crippen molar-refractivity contribution in [3.63, 3.8) is 0 Å². The summed E-state index contributed by atoms with van der Waals surface area (Å²) in [6.45, 7) is 2.25. The van der Waals surface area contributed by atoms with E-state index in [1.54, 1.807) is 12.1 Å². The maximum Gasteiger partial charge on any atom is 0.406 e. The topological polar surface area (TPSA) is 49.2 Å². The maximum atomic E-state index is 12.9. The van der Waals surface area contributed by atoms with E-state index < -0.39 is 18.6 Å². The van der Waals surface area contributed by atoms with Gasteiger partial charge in [-0.25, -0.2) is 0 Å². The van der Waals surface area contributed by atoms with Crippen LogP contribution in [0.1, 0.15) is 27.4 Å². The van der Waals surface area contributed by atoms with Gasteiger partial charge in [0.25, 0.3) is 5.91 Å². The molecule has 0 bridgehead atoms. The molecule has 0 aliphatic rings. The molecule has 7 heteroatoms. The summed E-state index contributed by atoms with van der Waals surface area (Å²) in [5, 5.41) is 0.827. The number of carbonyl (C=O) groups excluding carboxylic acids is 1. The summed E-state index contributed by atoms with van der Waals surface area (Å²) in [4.78, 5) is 16.3. The lowest BCUT2D eigenvalue weighted by Gasteiger charge is -2.22. The van der Waals surface area contributed by atoms with Gasteiger partial charge < -0.3 is 14.3 Å². The molecule has 1 amide bonds. The molecule has 1 N–H and O–H groups in total. The van der Waals surface area contributed by atoms with Crippen molar-refractivity contribution in [3.05, 3.63) is 59.2 Å². The first-order valence-corrected chi connectivity index (χ1v) is 7.72. The largest absolute Gasteiger partial charge is 0.467 e. The van der Waals surface area contributed by atoms with Gasteiger partial charge in [0.05, 0.1) is 12.8 Å². The van der Waals surface area contributed by atoms with Crippen LogP contribution in [0.15, 0.2) is 41.0 Å². The molecule has 0 unspecified atom stereocenters. The fourth-order valence-electron chi connectivity index (χ4n) is 2.75. The minimum Gasteiger partial charge on any atom is -0.467 e. The van der Waals surface area contributed by atoms with Crippen molar-refractivity contribution in [2.45, 2.75) is 26.6 Å². The first-order valence-electron chi connectivity index (χ1n) is 7.72. The number of hydrogen-bond donors (Lipinski definition) is 1. The zero-order chi connectivity index (χ0) is 18.2. The Morgan fingerprint density at radius 1 is 1.24 bits per heavy atom. The molecule has 0 radical (unpaired) electrons. The Bertz CT molecular complexity index is 895. The summed E-state index contributed by atoms with van der Waals surface area (Å²) in [5.41, 5.74) is 2.88. The molecule has 0 saturated carbocycles. The summed E-state index contributed by atoms with van der Waals surface area (Å²) in [5.74, 6) is -0.428. The highest BCUT2D eigenvalue weighted by Crippen LogP contribution is 2.25. The van der Waals surface area contributed by atoms with Gasteiger partial charge in [0, 0.05) is 10.9 Å². The molecule has 132 valence electrons. The standard InChI is InChI=1S/C18H17F3N2O2/c1-11-5-6-15-14(12(11)2)8-16(22-15)17(24)23(10-18(19,20)21)9-13-4-3-7-25-13/h3-8,22H,9-10H2,1-2H3. The van der Waals surface area contributed by atoms with Gasteiger partial charge in [-0.05, 0) is 49.2 Å². The predicted molar refractivity (Wildman–Crippen MR) is 87.3 cm³/mol. The molecule has 2 heterocycles. The number of rotatable bonds is 4. The molecule has 0 saturated heterocycles. The average Bonchev–Trinajstić information content (AvgIpc) is 3.18. The molecule has 3 aromatic rings. The van der Waals surface area contributed by atoms with E-state index in [-0.39, 0.29) is 12.2 Å². The van der Waals surface area contributed by atoms with Crippen LogP contribution in [0, 0.1) is 13.8 Å². The zero-order valence-corrected chi connectivity index (χ0v) is 13.8. The van der Waals surface area contributed by atoms with Crippen molar-refractivity contribution >= 4 is 16.8 Å². The number of furan rings is 1. The number of halogens is 3. The van der Waals surface area contributed by atoms with Crippen molar-refractivity contribution in [2.75, 3.05) is 6.54 Å². The van der Waals surface area contributed by atoms with E-state index in [1.165, 1.54) is 12.3 Å². The van der Waals surface area contributed by atoms with Crippen LogP contribution < -0.4 is 0 Å². The van der Waals surface area contributed by atoms with Crippen molar-refractivity contribution in [1.29, 1.82) is 0 Å². The van der Waals surface area contributed by atoms with Gasteiger partial charge in [0.15, 0.2) is 0 Å². The lowest BCUT2D eigenvalue weighted by atomic mass is 10.1. The van der Waals surface area contributed by atoms with E-state index in [0.29, 0.717) is 5.76 Å². The molecule has 0 aliphatic heterocycles. The Morgan fingerprint density at radius 3 is 2.64 bits per heavy atom. The lowest BCUT2D eigenvalue weighted by molar-refractivity contribution is -0.142. The summed E-state index contributed by atoms with van der Waals surface area (Å²) in [6, 6.07) is 8.43. The highest BCUT2D eigenvalue weighted by Gasteiger charge is 2.34. The number of nitrogens with zero attached hydrogens (tertiary/aromatic N) is 1. The van der Waals surface area contributed by atoms with Crippen LogP contribution >= 0.6 is 0 Å². The molecule has 3 rings (SSSR count). The lowest BCUT2D eigenvalue weighted by Crippen LogP contribution is -2.38. The quantitative estimate of drug-likeness (QED) is 0.749. The van der Waals surface area contributed by atoms with Crippen LogP contribution in [0.5, 0.6) is 0 Å². The van der Waals surface area contributed by atoms with Crippen molar-refractivity contribution < 1.29 is 22.4 Å². The molecule has 4 nitrogen and oxygen atoms in total.